The molecule has 3 heterocycles. The number of pyridine rings is 1. The molecule has 1 aliphatic heterocycles. The standard InChI is InChI=1S/C15H18N4O4/c1-21-15(20)19-8-4-12(5-9-19)22-10-13-17-14(18-23-13)11-2-6-16-7-3-11/h2-3,6-7,12H,4-5,8-10H2,1H3. The minimum absolute atomic E-state index is 0.0761. The molecule has 0 saturated carbocycles. The van der Waals surface area contributed by atoms with Gasteiger partial charge in [0.05, 0.1) is 13.2 Å². The summed E-state index contributed by atoms with van der Waals surface area (Å²) in [6.07, 6.45) is 4.67. The largest absolute Gasteiger partial charge is 0.453 e. The number of likely N-dealkylation sites (tertiary alicyclic amines) is 1. The number of aromatic nitrogens is 3. The number of carbonyl (C=O) groups is 1. The van der Waals surface area contributed by atoms with Crippen LogP contribution in [0, 0.1) is 0 Å². The van der Waals surface area contributed by atoms with Gasteiger partial charge >= 0.3 is 6.09 Å². The van der Waals surface area contributed by atoms with Crippen LogP contribution in [0.5, 0.6) is 0 Å². The van der Waals surface area contributed by atoms with Gasteiger partial charge < -0.3 is 18.9 Å². The minimum atomic E-state index is -0.289. The molecule has 0 N–H and O–H groups in total. The Balaban J connectivity index is 1.48. The van der Waals surface area contributed by atoms with E-state index in [1.807, 2.05) is 12.1 Å². The number of hydrogen-bond acceptors (Lipinski definition) is 7. The second-order valence-electron chi connectivity index (χ2n) is 5.22. The highest BCUT2D eigenvalue weighted by Gasteiger charge is 2.24. The summed E-state index contributed by atoms with van der Waals surface area (Å²) in [4.78, 5) is 21.3. The first-order valence-corrected chi connectivity index (χ1v) is 7.43. The maximum Gasteiger partial charge on any atom is 0.409 e. The summed E-state index contributed by atoms with van der Waals surface area (Å²) < 4.78 is 15.7. The maximum atomic E-state index is 11.4. The zero-order valence-corrected chi connectivity index (χ0v) is 12.8. The molecule has 1 fully saturated rings. The van der Waals surface area contributed by atoms with Crippen LogP contribution in [0.2, 0.25) is 0 Å². The fourth-order valence-corrected chi connectivity index (χ4v) is 2.46. The lowest BCUT2D eigenvalue weighted by atomic mass is 10.1. The van der Waals surface area contributed by atoms with Crippen LogP contribution in [0.3, 0.4) is 0 Å². The van der Waals surface area contributed by atoms with E-state index in [0.717, 1.165) is 18.4 Å². The third-order valence-corrected chi connectivity index (χ3v) is 3.72. The highest BCUT2D eigenvalue weighted by molar-refractivity contribution is 5.67. The molecule has 0 spiro atoms. The van der Waals surface area contributed by atoms with Gasteiger partial charge in [-0.25, -0.2) is 4.79 Å². The Morgan fingerprint density at radius 2 is 2.09 bits per heavy atom. The predicted octanol–water partition coefficient (Wildman–Crippen LogP) is 1.88. The number of hydrogen-bond donors (Lipinski definition) is 0. The Morgan fingerprint density at radius 1 is 1.35 bits per heavy atom. The highest BCUT2D eigenvalue weighted by Crippen LogP contribution is 2.18. The molecule has 3 rings (SSSR count). The average Bonchev–Trinajstić information content (AvgIpc) is 3.09. The highest BCUT2D eigenvalue weighted by atomic mass is 16.5. The average molecular weight is 318 g/mol. The van der Waals surface area contributed by atoms with Crippen molar-refractivity contribution in [1.82, 2.24) is 20.0 Å². The molecule has 8 heteroatoms. The van der Waals surface area contributed by atoms with Gasteiger partial charge in [-0.3, -0.25) is 4.98 Å². The molecule has 0 atom stereocenters. The van der Waals surface area contributed by atoms with Gasteiger partial charge in [0.1, 0.15) is 6.61 Å². The zero-order chi connectivity index (χ0) is 16.1. The molecule has 1 amide bonds. The number of piperidine rings is 1. The summed E-state index contributed by atoms with van der Waals surface area (Å²) in [6, 6.07) is 3.63. The summed E-state index contributed by atoms with van der Waals surface area (Å²) in [6.45, 7) is 1.52. The van der Waals surface area contributed by atoms with E-state index < -0.39 is 0 Å². The molecular formula is C15H18N4O4. The molecule has 2 aromatic rings. The van der Waals surface area contributed by atoms with E-state index in [1.54, 1.807) is 17.3 Å². The number of rotatable bonds is 4. The van der Waals surface area contributed by atoms with Gasteiger partial charge in [0.2, 0.25) is 5.82 Å². The Morgan fingerprint density at radius 3 is 2.78 bits per heavy atom. The smallest absolute Gasteiger partial charge is 0.409 e. The summed E-state index contributed by atoms with van der Waals surface area (Å²) in [5.41, 5.74) is 0.849. The summed E-state index contributed by atoms with van der Waals surface area (Å²) >= 11 is 0. The molecule has 23 heavy (non-hydrogen) atoms. The topological polar surface area (TPSA) is 90.6 Å². The molecule has 1 aliphatic rings. The molecule has 0 bridgehead atoms. The second kappa shape index (κ2) is 7.19. The van der Waals surface area contributed by atoms with Gasteiger partial charge in [-0.2, -0.15) is 4.98 Å². The van der Waals surface area contributed by atoms with E-state index in [2.05, 4.69) is 15.1 Å². The van der Waals surface area contributed by atoms with Gasteiger partial charge in [0, 0.05) is 31.0 Å². The monoisotopic (exact) mass is 318 g/mol. The van der Waals surface area contributed by atoms with Crippen molar-refractivity contribution in [1.29, 1.82) is 0 Å². The van der Waals surface area contributed by atoms with Crippen molar-refractivity contribution in [2.24, 2.45) is 0 Å². The normalized spacial score (nSPS) is 15.6. The minimum Gasteiger partial charge on any atom is -0.453 e. The molecule has 0 aromatic carbocycles. The second-order valence-corrected chi connectivity index (χ2v) is 5.22. The van der Waals surface area contributed by atoms with Gasteiger partial charge in [-0.05, 0) is 25.0 Å². The lowest BCUT2D eigenvalue weighted by Gasteiger charge is -2.30. The van der Waals surface area contributed by atoms with E-state index in [1.165, 1.54) is 7.11 Å². The van der Waals surface area contributed by atoms with Crippen LogP contribution >= 0.6 is 0 Å². The molecule has 0 radical (unpaired) electrons. The molecular weight excluding hydrogens is 300 g/mol. The molecule has 0 unspecified atom stereocenters. The van der Waals surface area contributed by atoms with Crippen molar-refractivity contribution in [3.63, 3.8) is 0 Å². The van der Waals surface area contributed by atoms with Crippen LogP contribution in [0.4, 0.5) is 4.79 Å². The predicted molar refractivity (Wildman–Crippen MR) is 79.3 cm³/mol. The molecule has 122 valence electrons. The SMILES string of the molecule is COC(=O)N1CCC(OCc2nc(-c3ccncc3)no2)CC1. The van der Waals surface area contributed by atoms with Crippen molar-refractivity contribution < 1.29 is 18.8 Å². The first-order chi connectivity index (χ1) is 11.3. The zero-order valence-electron chi connectivity index (χ0n) is 12.8. The molecule has 1 saturated heterocycles. The fraction of sp³-hybridized carbons (Fsp3) is 0.467. The van der Waals surface area contributed by atoms with E-state index in [-0.39, 0.29) is 18.8 Å². The molecule has 8 nitrogen and oxygen atoms in total. The number of methoxy groups -OCH3 is 1. The van der Waals surface area contributed by atoms with Crippen LogP contribution in [-0.4, -0.2) is 52.4 Å². The summed E-state index contributed by atoms with van der Waals surface area (Å²) in [5.74, 6) is 0.957. The van der Waals surface area contributed by atoms with E-state index in [0.29, 0.717) is 24.8 Å². The third-order valence-electron chi connectivity index (χ3n) is 3.72. The van der Waals surface area contributed by atoms with Crippen LogP contribution < -0.4 is 0 Å². The Labute approximate surface area is 133 Å². The lowest BCUT2D eigenvalue weighted by Crippen LogP contribution is -2.40. The lowest BCUT2D eigenvalue weighted by molar-refractivity contribution is -0.0109. The third kappa shape index (κ3) is 3.84. The van der Waals surface area contributed by atoms with Crippen molar-refractivity contribution >= 4 is 6.09 Å². The quantitative estimate of drug-likeness (QED) is 0.850. The molecule has 0 aliphatic carbocycles. The summed E-state index contributed by atoms with van der Waals surface area (Å²) in [7, 11) is 1.39. The van der Waals surface area contributed by atoms with Crippen LogP contribution in [0.25, 0.3) is 11.4 Å². The van der Waals surface area contributed by atoms with E-state index >= 15 is 0 Å². The Hall–Kier alpha value is -2.48. The van der Waals surface area contributed by atoms with Gasteiger partial charge in [0.25, 0.3) is 5.89 Å². The maximum absolute atomic E-state index is 11.4. The molecule has 2 aromatic heterocycles. The van der Waals surface area contributed by atoms with Crippen LogP contribution in [0.1, 0.15) is 18.7 Å². The van der Waals surface area contributed by atoms with Crippen LogP contribution in [-0.2, 0) is 16.1 Å². The van der Waals surface area contributed by atoms with Gasteiger partial charge in [0.15, 0.2) is 0 Å². The Kier molecular flexibility index (Phi) is 4.82. The number of nitrogens with zero attached hydrogens (tertiary/aromatic N) is 4. The number of ether oxygens (including phenoxy) is 2. The van der Waals surface area contributed by atoms with Crippen molar-refractivity contribution in [3.8, 4) is 11.4 Å². The van der Waals surface area contributed by atoms with Gasteiger partial charge in [-0.1, -0.05) is 5.16 Å². The summed E-state index contributed by atoms with van der Waals surface area (Å²) in [5, 5.41) is 3.93. The fourth-order valence-electron chi connectivity index (χ4n) is 2.46. The van der Waals surface area contributed by atoms with E-state index in [4.69, 9.17) is 14.0 Å². The first-order valence-electron chi connectivity index (χ1n) is 7.43. The number of carbonyl (C=O) groups excluding carboxylic acids is 1. The van der Waals surface area contributed by atoms with Crippen molar-refractivity contribution in [2.45, 2.75) is 25.6 Å². The van der Waals surface area contributed by atoms with Crippen molar-refractivity contribution in [2.75, 3.05) is 20.2 Å². The Bertz CT molecular complexity index is 638. The van der Waals surface area contributed by atoms with Crippen LogP contribution in [0.15, 0.2) is 29.0 Å². The van der Waals surface area contributed by atoms with Gasteiger partial charge in [-0.15, -0.1) is 0 Å². The number of amides is 1. The van der Waals surface area contributed by atoms with E-state index in [9.17, 15) is 4.79 Å². The van der Waals surface area contributed by atoms with Crippen molar-refractivity contribution in [3.05, 3.63) is 30.4 Å². The first kappa shape index (κ1) is 15.4.